The molecule has 3 N–H and O–H groups in total. The van der Waals surface area contributed by atoms with Crippen molar-refractivity contribution in [3.8, 4) is 11.5 Å². The Hall–Kier alpha value is -4.13. The highest BCUT2D eigenvalue weighted by Gasteiger charge is 2.06. The van der Waals surface area contributed by atoms with Crippen molar-refractivity contribution < 1.29 is 19.5 Å². The van der Waals surface area contributed by atoms with E-state index in [-0.39, 0.29) is 0 Å². The highest BCUT2D eigenvalue weighted by Crippen LogP contribution is 2.25. The third kappa shape index (κ3) is 6.72. The maximum atomic E-state index is 11.6. The predicted octanol–water partition coefficient (Wildman–Crippen LogP) is 5.26. The third-order valence-corrected chi connectivity index (χ3v) is 5.91. The standard InChI is InChI=1S/C30H30N2O4/c1-35-27-15-11-22(12-16-27)17-18-31-20-24(19-23-9-13-26(14-10-23)30(33)32-34)21-36-29-8-4-6-25-5-2-3-7-28(25)29/h2-16,19,31,34H,17-18,20-21H2,1H3,(H,32,33)/b24-19+. The Morgan fingerprint density at radius 1 is 0.917 bits per heavy atom. The van der Waals surface area contributed by atoms with E-state index in [2.05, 4.69) is 41.7 Å². The number of hydroxylamine groups is 1. The van der Waals surface area contributed by atoms with Crippen molar-refractivity contribution in [1.82, 2.24) is 10.8 Å². The number of methoxy groups -OCH3 is 1. The fraction of sp³-hybridized carbons (Fsp3) is 0.167. The summed E-state index contributed by atoms with van der Waals surface area (Å²) in [5, 5.41) is 14.6. The average Bonchev–Trinajstić information content (AvgIpc) is 2.94. The first-order chi connectivity index (χ1) is 17.7. The second-order valence-corrected chi connectivity index (χ2v) is 8.41. The summed E-state index contributed by atoms with van der Waals surface area (Å²) in [5.41, 5.74) is 5.29. The van der Waals surface area contributed by atoms with E-state index < -0.39 is 5.91 Å². The molecule has 0 spiro atoms. The van der Waals surface area contributed by atoms with Gasteiger partial charge in [0, 0.05) is 17.5 Å². The molecule has 4 aromatic rings. The van der Waals surface area contributed by atoms with E-state index in [0.717, 1.165) is 46.4 Å². The van der Waals surface area contributed by atoms with E-state index in [1.165, 1.54) is 5.56 Å². The van der Waals surface area contributed by atoms with Gasteiger partial charge in [-0.2, -0.15) is 0 Å². The van der Waals surface area contributed by atoms with Crippen LogP contribution in [-0.4, -0.2) is 37.9 Å². The van der Waals surface area contributed by atoms with Crippen LogP contribution >= 0.6 is 0 Å². The van der Waals surface area contributed by atoms with Gasteiger partial charge in [0.05, 0.1) is 7.11 Å². The molecule has 0 radical (unpaired) electrons. The van der Waals surface area contributed by atoms with Crippen molar-refractivity contribution in [2.45, 2.75) is 6.42 Å². The first kappa shape index (κ1) is 25.0. The maximum Gasteiger partial charge on any atom is 0.274 e. The lowest BCUT2D eigenvalue weighted by Gasteiger charge is -2.14. The SMILES string of the molecule is COc1ccc(CCNC/C(=C\c2ccc(C(=O)NO)cc2)COc2cccc3ccccc23)cc1. The van der Waals surface area contributed by atoms with Crippen molar-refractivity contribution in [2.24, 2.45) is 0 Å². The van der Waals surface area contributed by atoms with Crippen molar-refractivity contribution in [3.05, 3.63) is 113 Å². The van der Waals surface area contributed by atoms with Gasteiger partial charge in [-0.05, 0) is 65.4 Å². The molecular formula is C30H30N2O4. The van der Waals surface area contributed by atoms with Gasteiger partial charge in [-0.3, -0.25) is 10.0 Å². The van der Waals surface area contributed by atoms with Crippen LogP contribution in [0.1, 0.15) is 21.5 Å². The van der Waals surface area contributed by atoms with E-state index in [1.54, 1.807) is 24.7 Å². The van der Waals surface area contributed by atoms with Crippen LogP contribution in [0.2, 0.25) is 0 Å². The molecule has 0 bridgehead atoms. The molecule has 0 saturated heterocycles. The lowest BCUT2D eigenvalue weighted by Crippen LogP contribution is -2.22. The quantitative estimate of drug-likeness (QED) is 0.154. The minimum Gasteiger partial charge on any atom is -0.497 e. The largest absolute Gasteiger partial charge is 0.497 e. The van der Waals surface area contributed by atoms with Crippen LogP contribution in [0.4, 0.5) is 0 Å². The minimum atomic E-state index is -0.537. The summed E-state index contributed by atoms with van der Waals surface area (Å²) in [6, 6.07) is 29.4. The van der Waals surface area contributed by atoms with Crippen molar-refractivity contribution in [2.75, 3.05) is 26.8 Å². The van der Waals surface area contributed by atoms with Gasteiger partial charge in [-0.1, -0.05) is 66.7 Å². The number of hydrogen-bond donors (Lipinski definition) is 3. The lowest BCUT2D eigenvalue weighted by atomic mass is 10.1. The van der Waals surface area contributed by atoms with Gasteiger partial charge in [-0.15, -0.1) is 0 Å². The highest BCUT2D eigenvalue weighted by atomic mass is 16.5. The first-order valence-electron chi connectivity index (χ1n) is 11.8. The molecule has 4 aromatic carbocycles. The van der Waals surface area contributed by atoms with Gasteiger partial charge in [0.15, 0.2) is 0 Å². The Bertz CT molecular complexity index is 1310. The van der Waals surface area contributed by atoms with E-state index in [9.17, 15) is 4.79 Å². The van der Waals surface area contributed by atoms with Crippen LogP contribution in [0.25, 0.3) is 16.8 Å². The molecule has 0 saturated carbocycles. The number of benzene rings is 4. The van der Waals surface area contributed by atoms with Crippen LogP contribution in [-0.2, 0) is 6.42 Å². The van der Waals surface area contributed by atoms with Gasteiger partial charge in [0.25, 0.3) is 5.91 Å². The van der Waals surface area contributed by atoms with Crippen LogP contribution < -0.4 is 20.3 Å². The van der Waals surface area contributed by atoms with Gasteiger partial charge in [-0.25, -0.2) is 5.48 Å². The molecule has 0 fully saturated rings. The molecule has 0 aliphatic heterocycles. The molecule has 0 atom stereocenters. The Kier molecular flexibility index (Phi) is 8.70. The Balaban J connectivity index is 1.45. The highest BCUT2D eigenvalue weighted by molar-refractivity contribution is 5.93. The second kappa shape index (κ2) is 12.5. The molecule has 0 aliphatic rings. The summed E-state index contributed by atoms with van der Waals surface area (Å²) in [5.74, 6) is 1.16. The van der Waals surface area contributed by atoms with Crippen LogP contribution in [0.15, 0.2) is 96.6 Å². The number of carbonyl (C=O) groups excluding carboxylic acids is 1. The summed E-state index contributed by atoms with van der Waals surface area (Å²) in [7, 11) is 1.67. The first-order valence-corrected chi connectivity index (χ1v) is 11.8. The maximum absolute atomic E-state index is 11.6. The van der Waals surface area contributed by atoms with E-state index in [0.29, 0.717) is 18.7 Å². The van der Waals surface area contributed by atoms with Crippen molar-refractivity contribution >= 4 is 22.8 Å². The summed E-state index contributed by atoms with van der Waals surface area (Å²) >= 11 is 0. The number of amides is 1. The molecule has 6 nitrogen and oxygen atoms in total. The molecule has 1 amide bonds. The molecule has 0 heterocycles. The molecule has 0 aromatic heterocycles. The van der Waals surface area contributed by atoms with Gasteiger partial charge < -0.3 is 14.8 Å². The fourth-order valence-corrected chi connectivity index (χ4v) is 3.94. The number of fused-ring (bicyclic) bond motifs is 1. The Labute approximate surface area is 211 Å². The normalized spacial score (nSPS) is 11.3. The topological polar surface area (TPSA) is 79.8 Å². The zero-order valence-corrected chi connectivity index (χ0v) is 20.2. The summed E-state index contributed by atoms with van der Waals surface area (Å²) in [4.78, 5) is 11.6. The number of rotatable bonds is 11. The molecule has 6 heteroatoms. The molecule has 4 rings (SSSR count). The fourth-order valence-electron chi connectivity index (χ4n) is 3.94. The van der Waals surface area contributed by atoms with Crippen LogP contribution in [0, 0.1) is 0 Å². The Morgan fingerprint density at radius 3 is 2.42 bits per heavy atom. The van der Waals surface area contributed by atoms with Crippen molar-refractivity contribution in [1.29, 1.82) is 0 Å². The molecular weight excluding hydrogens is 452 g/mol. The van der Waals surface area contributed by atoms with E-state index in [4.69, 9.17) is 14.7 Å². The Morgan fingerprint density at radius 2 is 1.67 bits per heavy atom. The number of ether oxygens (including phenoxy) is 2. The minimum absolute atomic E-state index is 0.390. The summed E-state index contributed by atoms with van der Waals surface area (Å²) in [6.45, 7) is 1.88. The third-order valence-electron chi connectivity index (χ3n) is 5.91. The average molecular weight is 483 g/mol. The zero-order chi connectivity index (χ0) is 25.2. The predicted molar refractivity (Wildman–Crippen MR) is 143 cm³/mol. The monoisotopic (exact) mass is 482 g/mol. The van der Waals surface area contributed by atoms with Gasteiger partial charge >= 0.3 is 0 Å². The molecule has 36 heavy (non-hydrogen) atoms. The van der Waals surface area contributed by atoms with Gasteiger partial charge in [0.1, 0.15) is 18.1 Å². The summed E-state index contributed by atoms with van der Waals surface area (Å²) < 4.78 is 11.5. The number of carbonyl (C=O) groups is 1. The lowest BCUT2D eigenvalue weighted by molar-refractivity contribution is 0.0706. The van der Waals surface area contributed by atoms with Crippen LogP contribution in [0.3, 0.4) is 0 Å². The van der Waals surface area contributed by atoms with Crippen LogP contribution in [0.5, 0.6) is 11.5 Å². The smallest absolute Gasteiger partial charge is 0.274 e. The number of hydrogen-bond acceptors (Lipinski definition) is 5. The second-order valence-electron chi connectivity index (χ2n) is 8.41. The van der Waals surface area contributed by atoms with Crippen molar-refractivity contribution in [3.63, 3.8) is 0 Å². The summed E-state index contributed by atoms with van der Waals surface area (Å²) in [6.07, 6.45) is 2.96. The molecule has 184 valence electrons. The van der Waals surface area contributed by atoms with Gasteiger partial charge in [0.2, 0.25) is 0 Å². The molecule has 0 aliphatic carbocycles. The molecule has 0 unspecified atom stereocenters. The number of nitrogens with one attached hydrogen (secondary N) is 2. The zero-order valence-electron chi connectivity index (χ0n) is 20.2. The van der Waals surface area contributed by atoms with E-state index in [1.807, 2.05) is 48.5 Å². The van der Waals surface area contributed by atoms with E-state index >= 15 is 0 Å².